The van der Waals surface area contributed by atoms with Gasteiger partial charge >= 0.3 is 5.97 Å². The molecule has 0 aliphatic heterocycles. The Balaban J connectivity index is 0.00000289. The van der Waals surface area contributed by atoms with Gasteiger partial charge in [-0.25, -0.2) is 0 Å². The van der Waals surface area contributed by atoms with Gasteiger partial charge in [-0.15, -0.1) is 12.4 Å². The van der Waals surface area contributed by atoms with Gasteiger partial charge in [0.15, 0.2) is 11.5 Å². The highest BCUT2D eigenvalue weighted by Crippen LogP contribution is 2.39. The largest absolute Gasteiger partial charge is 0.504 e. The van der Waals surface area contributed by atoms with Gasteiger partial charge in [-0.1, -0.05) is 12.1 Å². The number of nitrogens with two attached hydrogens (primary N) is 1. The molecule has 0 aromatic heterocycles. The molecule has 0 amide bonds. The highest BCUT2D eigenvalue weighted by Gasteiger charge is 2.38. The maximum Gasteiger partial charge on any atom is 0.313 e. The Morgan fingerprint density at radius 1 is 1.39 bits per heavy atom. The van der Waals surface area contributed by atoms with E-state index in [2.05, 4.69) is 4.74 Å². The number of methoxy groups -OCH3 is 1. The fourth-order valence-electron chi connectivity index (χ4n) is 1.58. The number of rotatable bonds is 3. The smallest absolute Gasteiger partial charge is 0.313 e. The van der Waals surface area contributed by atoms with Gasteiger partial charge < -0.3 is 20.7 Å². The second-order valence-corrected chi connectivity index (χ2v) is 4.41. The first-order valence-electron chi connectivity index (χ1n) is 5.17. The summed E-state index contributed by atoms with van der Waals surface area (Å²) in [6.07, 6.45) is 0. The average molecular weight is 276 g/mol. The predicted molar refractivity (Wildman–Crippen MR) is 69.7 cm³/mol. The van der Waals surface area contributed by atoms with E-state index in [0.29, 0.717) is 5.56 Å². The molecule has 4 N–H and O–H groups in total. The average Bonchev–Trinajstić information content (AvgIpc) is 2.30. The standard InChI is InChI=1S/C12H17NO4.ClH/c1-12(2,11(16)17-3)10(13)7-5-4-6-8(14)9(7)15;/h4-6,10,14-15H,13H2,1-3H3;1H/t10-;/m1./s1. The van der Waals surface area contributed by atoms with Crippen LogP contribution < -0.4 is 5.73 Å². The zero-order chi connectivity index (χ0) is 13.2. The molecule has 1 atom stereocenters. The van der Waals surface area contributed by atoms with E-state index in [4.69, 9.17) is 5.73 Å². The van der Waals surface area contributed by atoms with Crippen LogP contribution in [0.3, 0.4) is 0 Å². The van der Waals surface area contributed by atoms with E-state index in [9.17, 15) is 15.0 Å². The lowest BCUT2D eigenvalue weighted by Crippen LogP contribution is -2.37. The molecule has 1 aromatic carbocycles. The summed E-state index contributed by atoms with van der Waals surface area (Å²) in [7, 11) is 1.28. The van der Waals surface area contributed by atoms with Crippen LogP contribution in [-0.2, 0) is 9.53 Å². The number of carbonyl (C=O) groups is 1. The molecule has 0 fully saturated rings. The maximum atomic E-state index is 11.6. The highest BCUT2D eigenvalue weighted by molar-refractivity contribution is 5.85. The number of carbonyl (C=O) groups excluding carboxylic acids is 1. The molecular formula is C12H18ClNO4. The summed E-state index contributed by atoms with van der Waals surface area (Å²) in [5, 5.41) is 19.1. The Morgan fingerprint density at radius 3 is 2.44 bits per heavy atom. The summed E-state index contributed by atoms with van der Waals surface area (Å²) in [5.41, 5.74) is 5.25. The van der Waals surface area contributed by atoms with E-state index in [1.807, 2.05) is 0 Å². The Labute approximate surface area is 112 Å². The molecule has 102 valence electrons. The van der Waals surface area contributed by atoms with Crippen molar-refractivity contribution in [3.05, 3.63) is 23.8 Å². The van der Waals surface area contributed by atoms with Crippen molar-refractivity contribution in [1.29, 1.82) is 0 Å². The Bertz CT molecular complexity index is 434. The predicted octanol–water partition coefficient (Wildman–Crippen LogP) is 1.72. The summed E-state index contributed by atoms with van der Waals surface area (Å²) in [6, 6.07) is 3.68. The minimum absolute atomic E-state index is 0. The second kappa shape index (κ2) is 5.93. The Hall–Kier alpha value is -1.46. The van der Waals surface area contributed by atoms with E-state index in [1.165, 1.54) is 13.2 Å². The molecule has 1 aromatic rings. The van der Waals surface area contributed by atoms with Gasteiger partial charge in [-0.2, -0.15) is 0 Å². The number of benzene rings is 1. The number of esters is 1. The molecular weight excluding hydrogens is 258 g/mol. The van der Waals surface area contributed by atoms with Crippen LogP contribution in [0.4, 0.5) is 0 Å². The van der Waals surface area contributed by atoms with Crippen molar-refractivity contribution in [3.8, 4) is 11.5 Å². The summed E-state index contributed by atoms with van der Waals surface area (Å²) >= 11 is 0. The topological polar surface area (TPSA) is 92.8 Å². The lowest BCUT2D eigenvalue weighted by molar-refractivity contribution is -0.152. The summed E-state index contributed by atoms with van der Waals surface area (Å²) in [4.78, 5) is 11.6. The number of phenols is 2. The normalized spacial score (nSPS) is 12.4. The number of ether oxygens (including phenoxy) is 1. The lowest BCUT2D eigenvalue weighted by Gasteiger charge is -2.29. The van der Waals surface area contributed by atoms with E-state index in [0.717, 1.165) is 0 Å². The molecule has 0 saturated heterocycles. The van der Waals surface area contributed by atoms with E-state index >= 15 is 0 Å². The van der Waals surface area contributed by atoms with E-state index < -0.39 is 17.4 Å². The summed E-state index contributed by atoms with van der Waals surface area (Å²) < 4.78 is 4.66. The van der Waals surface area contributed by atoms with Gasteiger partial charge in [0.25, 0.3) is 0 Å². The van der Waals surface area contributed by atoms with Gasteiger partial charge in [-0.05, 0) is 19.9 Å². The zero-order valence-electron chi connectivity index (χ0n) is 10.5. The van der Waals surface area contributed by atoms with Gasteiger partial charge in [-0.3, -0.25) is 4.79 Å². The molecule has 0 heterocycles. The van der Waals surface area contributed by atoms with Crippen LogP contribution in [0.1, 0.15) is 25.5 Å². The van der Waals surface area contributed by atoms with Crippen molar-refractivity contribution in [2.45, 2.75) is 19.9 Å². The number of aromatic hydroxyl groups is 2. The fourth-order valence-corrected chi connectivity index (χ4v) is 1.58. The SMILES string of the molecule is COC(=O)C(C)(C)[C@H](N)c1cccc(O)c1O.Cl. The zero-order valence-corrected chi connectivity index (χ0v) is 11.3. The van der Waals surface area contributed by atoms with Crippen molar-refractivity contribution < 1.29 is 19.7 Å². The number of para-hydroxylation sites is 1. The molecule has 0 spiro atoms. The van der Waals surface area contributed by atoms with Crippen LogP contribution >= 0.6 is 12.4 Å². The molecule has 0 unspecified atom stereocenters. The van der Waals surface area contributed by atoms with E-state index in [-0.39, 0.29) is 23.9 Å². The molecule has 0 bridgehead atoms. The second-order valence-electron chi connectivity index (χ2n) is 4.41. The fraction of sp³-hybridized carbons (Fsp3) is 0.417. The van der Waals surface area contributed by atoms with Gasteiger partial charge in [0.1, 0.15) is 0 Å². The van der Waals surface area contributed by atoms with Gasteiger partial charge in [0.05, 0.1) is 12.5 Å². The van der Waals surface area contributed by atoms with E-state index in [1.54, 1.807) is 26.0 Å². The number of hydrogen-bond acceptors (Lipinski definition) is 5. The number of halogens is 1. The summed E-state index contributed by atoms with van der Waals surface area (Å²) in [5.74, 6) is -1.05. The van der Waals surface area contributed by atoms with Gasteiger partial charge in [0.2, 0.25) is 0 Å². The minimum Gasteiger partial charge on any atom is -0.504 e. The third-order valence-corrected chi connectivity index (χ3v) is 2.87. The Kier molecular flexibility index (Phi) is 5.45. The molecule has 0 saturated carbocycles. The quantitative estimate of drug-likeness (QED) is 0.577. The number of hydrogen-bond donors (Lipinski definition) is 3. The molecule has 18 heavy (non-hydrogen) atoms. The first kappa shape index (κ1) is 16.5. The third-order valence-electron chi connectivity index (χ3n) is 2.87. The molecule has 1 rings (SSSR count). The minimum atomic E-state index is -1.000. The van der Waals surface area contributed by atoms with Crippen LogP contribution in [-0.4, -0.2) is 23.3 Å². The Morgan fingerprint density at radius 2 is 1.94 bits per heavy atom. The first-order chi connectivity index (χ1) is 7.82. The van der Waals surface area contributed by atoms with Crippen molar-refractivity contribution in [2.24, 2.45) is 11.1 Å². The van der Waals surface area contributed by atoms with Crippen molar-refractivity contribution in [1.82, 2.24) is 0 Å². The van der Waals surface area contributed by atoms with Crippen LogP contribution in [0.5, 0.6) is 11.5 Å². The molecule has 0 radical (unpaired) electrons. The summed E-state index contributed by atoms with van der Waals surface area (Å²) in [6.45, 7) is 3.24. The highest BCUT2D eigenvalue weighted by atomic mass is 35.5. The maximum absolute atomic E-state index is 11.6. The monoisotopic (exact) mass is 275 g/mol. The van der Waals surface area contributed by atoms with Crippen LogP contribution in [0.25, 0.3) is 0 Å². The molecule has 6 heteroatoms. The number of phenolic OH excluding ortho intramolecular Hbond substituents is 2. The molecule has 5 nitrogen and oxygen atoms in total. The van der Waals surface area contributed by atoms with Crippen molar-refractivity contribution in [2.75, 3.05) is 7.11 Å². The van der Waals surface area contributed by atoms with Crippen molar-refractivity contribution in [3.63, 3.8) is 0 Å². The third kappa shape index (κ3) is 2.86. The van der Waals surface area contributed by atoms with Crippen LogP contribution in [0.15, 0.2) is 18.2 Å². The molecule has 0 aliphatic carbocycles. The van der Waals surface area contributed by atoms with Gasteiger partial charge in [0, 0.05) is 11.6 Å². The molecule has 0 aliphatic rings. The van der Waals surface area contributed by atoms with Crippen molar-refractivity contribution >= 4 is 18.4 Å². The first-order valence-corrected chi connectivity index (χ1v) is 5.17. The van der Waals surface area contributed by atoms with Crippen LogP contribution in [0.2, 0.25) is 0 Å². The van der Waals surface area contributed by atoms with Crippen LogP contribution in [0, 0.1) is 5.41 Å². The lowest BCUT2D eigenvalue weighted by atomic mass is 9.80.